The fourth-order valence-electron chi connectivity index (χ4n) is 1.67. The summed E-state index contributed by atoms with van der Waals surface area (Å²) in [5.74, 6) is 0.348. The van der Waals surface area contributed by atoms with E-state index in [1.54, 1.807) is 18.2 Å². The van der Waals surface area contributed by atoms with Gasteiger partial charge in [-0.3, -0.25) is 9.59 Å². The van der Waals surface area contributed by atoms with E-state index < -0.39 is 0 Å². The van der Waals surface area contributed by atoms with Gasteiger partial charge < -0.3 is 21.1 Å². The lowest BCUT2D eigenvalue weighted by Gasteiger charge is -2.12. The molecule has 0 unspecified atom stereocenters. The maximum absolute atomic E-state index is 11.7. The van der Waals surface area contributed by atoms with Crippen LogP contribution in [0.15, 0.2) is 18.2 Å². The van der Waals surface area contributed by atoms with Crippen LogP contribution < -0.4 is 21.1 Å². The van der Waals surface area contributed by atoms with E-state index in [1.807, 2.05) is 0 Å². The van der Waals surface area contributed by atoms with Crippen molar-refractivity contribution in [2.75, 3.05) is 24.3 Å². The lowest BCUT2D eigenvalue weighted by molar-refractivity contribution is -0.117. The Morgan fingerprint density at radius 3 is 2.68 bits per heavy atom. The van der Waals surface area contributed by atoms with Gasteiger partial charge >= 0.3 is 0 Å². The number of methoxy groups -OCH3 is 1. The molecule has 1 aromatic rings. The maximum Gasteiger partial charge on any atom is 0.238 e. The van der Waals surface area contributed by atoms with Crippen molar-refractivity contribution in [1.29, 1.82) is 0 Å². The van der Waals surface area contributed by atoms with Crippen molar-refractivity contribution in [1.82, 2.24) is 0 Å². The average molecular weight is 263 g/mol. The monoisotopic (exact) mass is 263 g/mol. The quantitative estimate of drug-likeness (QED) is 0.737. The third-order valence-electron chi connectivity index (χ3n) is 2.87. The first-order valence-electron chi connectivity index (χ1n) is 6.13. The lowest BCUT2D eigenvalue weighted by atomic mass is 10.2. The van der Waals surface area contributed by atoms with Gasteiger partial charge in [-0.2, -0.15) is 0 Å². The summed E-state index contributed by atoms with van der Waals surface area (Å²) in [6, 6.07) is 5.08. The molecule has 0 aromatic heterocycles. The second-order valence-corrected chi connectivity index (χ2v) is 4.43. The molecule has 0 heterocycles. The molecular formula is C13H17N3O3. The predicted octanol–water partition coefficient (Wildman–Crippen LogP) is 0.941. The van der Waals surface area contributed by atoms with Crippen LogP contribution in [0.2, 0.25) is 0 Å². The Labute approximate surface area is 111 Å². The molecule has 0 spiro atoms. The highest BCUT2D eigenvalue weighted by atomic mass is 16.5. The van der Waals surface area contributed by atoms with E-state index in [4.69, 9.17) is 10.5 Å². The smallest absolute Gasteiger partial charge is 0.238 e. The minimum atomic E-state index is -0.316. The van der Waals surface area contributed by atoms with Crippen molar-refractivity contribution < 1.29 is 14.3 Å². The summed E-state index contributed by atoms with van der Waals surface area (Å²) in [6.07, 6.45) is 1.89. The molecule has 1 aliphatic rings. The van der Waals surface area contributed by atoms with Crippen molar-refractivity contribution >= 4 is 23.2 Å². The van der Waals surface area contributed by atoms with Gasteiger partial charge in [-0.25, -0.2) is 0 Å². The standard InChI is InChI=1S/C13H17N3O3/c1-19-11-5-4-9(15-13(18)8-2-3-8)6-10(11)16-12(17)7-14/h4-6,8H,2-3,7,14H2,1H3,(H,15,18)(H,16,17). The zero-order chi connectivity index (χ0) is 13.8. The fraction of sp³-hybridized carbons (Fsp3) is 0.385. The van der Waals surface area contributed by atoms with Gasteiger partial charge in [-0.1, -0.05) is 0 Å². The van der Waals surface area contributed by atoms with Crippen molar-refractivity contribution in [3.8, 4) is 5.75 Å². The van der Waals surface area contributed by atoms with E-state index in [0.717, 1.165) is 12.8 Å². The van der Waals surface area contributed by atoms with Crippen molar-refractivity contribution in [3.05, 3.63) is 18.2 Å². The maximum atomic E-state index is 11.7. The van der Waals surface area contributed by atoms with Crippen molar-refractivity contribution in [3.63, 3.8) is 0 Å². The summed E-state index contributed by atoms with van der Waals surface area (Å²) in [7, 11) is 1.51. The van der Waals surface area contributed by atoms with Gasteiger partial charge in [0.2, 0.25) is 11.8 Å². The third kappa shape index (κ3) is 3.45. The van der Waals surface area contributed by atoms with E-state index in [-0.39, 0.29) is 24.3 Å². The number of benzene rings is 1. The predicted molar refractivity (Wildman–Crippen MR) is 72.0 cm³/mol. The van der Waals surface area contributed by atoms with Crippen LogP contribution in [0.5, 0.6) is 5.75 Å². The molecule has 4 N–H and O–H groups in total. The zero-order valence-electron chi connectivity index (χ0n) is 10.7. The van der Waals surface area contributed by atoms with Crippen LogP contribution >= 0.6 is 0 Å². The van der Waals surface area contributed by atoms with Gasteiger partial charge in [0.05, 0.1) is 19.3 Å². The molecule has 6 nitrogen and oxygen atoms in total. The SMILES string of the molecule is COc1ccc(NC(=O)C2CC2)cc1NC(=O)CN. The first kappa shape index (κ1) is 13.4. The Morgan fingerprint density at radius 1 is 1.37 bits per heavy atom. The van der Waals surface area contributed by atoms with Crippen molar-refractivity contribution in [2.45, 2.75) is 12.8 Å². The Balaban J connectivity index is 2.14. The molecule has 0 radical (unpaired) electrons. The molecule has 0 aliphatic heterocycles. The van der Waals surface area contributed by atoms with Crippen LogP contribution in [-0.4, -0.2) is 25.5 Å². The Kier molecular flexibility index (Phi) is 4.01. The number of hydrogen-bond donors (Lipinski definition) is 3. The van der Waals surface area contributed by atoms with Crippen molar-refractivity contribution in [2.24, 2.45) is 11.7 Å². The molecule has 6 heteroatoms. The minimum absolute atomic E-state index is 0.0151. The molecule has 2 rings (SSSR count). The molecule has 2 amide bonds. The molecule has 1 aromatic carbocycles. The largest absolute Gasteiger partial charge is 0.495 e. The molecular weight excluding hydrogens is 246 g/mol. The molecule has 19 heavy (non-hydrogen) atoms. The van der Waals surface area contributed by atoms with Crippen LogP contribution in [0.1, 0.15) is 12.8 Å². The van der Waals surface area contributed by atoms with Gasteiger partial charge in [0, 0.05) is 11.6 Å². The summed E-state index contributed by atoms with van der Waals surface area (Å²) < 4.78 is 5.14. The third-order valence-corrected chi connectivity index (χ3v) is 2.87. The Morgan fingerprint density at radius 2 is 2.11 bits per heavy atom. The Hall–Kier alpha value is -2.08. The molecule has 1 saturated carbocycles. The van der Waals surface area contributed by atoms with Gasteiger partial charge in [-0.15, -0.1) is 0 Å². The summed E-state index contributed by atoms with van der Waals surface area (Å²) in [5, 5.41) is 5.44. The van der Waals surface area contributed by atoms with Crippen LogP contribution in [0.3, 0.4) is 0 Å². The van der Waals surface area contributed by atoms with Gasteiger partial charge in [-0.05, 0) is 31.0 Å². The highest BCUT2D eigenvalue weighted by Crippen LogP contribution is 2.32. The molecule has 0 atom stereocenters. The number of amides is 2. The van der Waals surface area contributed by atoms with E-state index in [1.165, 1.54) is 7.11 Å². The van der Waals surface area contributed by atoms with Crippen LogP contribution in [0.4, 0.5) is 11.4 Å². The molecule has 0 saturated heterocycles. The fourth-order valence-corrected chi connectivity index (χ4v) is 1.67. The van der Waals surface area contributed by atoms with Crippen LogP contribution in [0, 0.1) is 5.92 Å². The van der Waals surface area contributed by atoms with E-state index in [2.05, 4.69) is 10.6 Å². The van der Waals surface area contributed by atoms with E-state index in [0.29, 0.717) is 17.1 Å². The number of rotatable bonds is 5. The number of carbonyl (C=O) groups excluding carboxylic acids is 2. The second-order valence-electron chi connectivity index (χ2n) is 4.43. The first-order valence-corrected chi connectivity index (χ1v) is 6.13. The zero-order valence-corrected chi connectivity index (χ0v) is 10.7. The number of nitrogens with two attached hydrogens (primary N) is 1. The number of anilines is 2. The van der Waals surface area contributed by atoms with E-state index >= 15 is 0 Å². The summed E-state index contributed by atoms with van der Waals surface area (Å²) in [6.45, 7) is -0.109. The van der Waals surface area contributed by atoms with E-state index in [9.17, 15) is 9.59 Å². The first-order chi connectivity index (χ1) is 9.13. The van der Waals surface area contributed by atoms with Gasteiger partial charge in [0.15, 0.2) is 0 Å². The number of carbonyl (C=O) groups is 2. The summed E-state index contributed by atoms with van der Waals surface area (Å²) >= 11 is 0. The number of nitrogens with one attached hydrogen (secondary N) is 2. The average Bonchev–Trinajstić information content (AvgIpc) is 3.23. The highest BCUT2D eigenvalue weighted by Gasteiger charge is 2.29. The molecule has 102 valence electrons. The summed E-state index contributed by atoms with van der Waals surface area (Å²) in [4.78, 5) is 23.0. The highest BCUT2D eigenvalue weighted by molar-refractivity contribution is 5.97. The van der Waals surface area contributed by atoms with Gasteiger partial charge in [0.25, 0.3) is 0 Å². The van der Waals surface area contributed by atoms with Crippen LogP contribution in [0.25, 0.3) is 0 Å². The number of ether oxygens (including phenoxy) is 1. The summed E-state index contributed by atoms with van der Waals surface area (Å²) in [5.41, 5.74) is 6.38. The normalized spacial score (nSPS) is 13.8. The Bertz CT molecular complexity index is 498. The second kappa shape index (κ2) is 5.71. The topological polar surface area (TPSA) is 93.5 Å². The molecule has 0 bridgehead atoms. The lowest BCUT2D eigenvalue weighted by Crippen LogP contribution is -2.22. The van der Waals surface area contributed by atoms with Crippen LogP contribution in [-0.2, 0) is 9.59 Å². The number of hydrogen-bond acceptors (Lipinski definition) is 4. The minimum Gasteiger partial charge on any atom is -0.495 e. The van der Waals surface area contributed by atoms with Gasteiger partial charge in [0.1, 0.15) is 5.75 Å². The molecule has 1 aliphatic carbocycles. The molecule has 1 fully saturated rings.